The van der Waals surface area contributed by atoms with Gasteiger partial charge >= 0.3 is 0 Å². The number of aliphatic hydroxyl groups is 1. The third-order valence-electron chi connectivity index (χ3n) is 11.2. The Bertz CT molecular complexity index is 773. The number of hydrogen-bond donors (Lipinski definition) is 1. The number of aliphatic hydroxyl groups excluding tert-OH is 1. The van der Waals surface area contributed by atoms with Crippen molar-refractivity contribution in [1.29, 1.82) is 0 Å². The van der Waals surface area contributed by atoms with Crippen molar-refractivity contribution in [1.82, 2.24) is 0 Å². The van der Waals surface area contributed by atoms with E-state index in [9.17, 15) is 9.50 Å². The third-order valence-corrected chi connectivity index (χ3v) is 11.2. The molecule has 2 heteroatoms. The SMILES string of the molecule is CC(CCc1ccc(F)cc1)[C@H]1CCC2C3CCC4CC(O)CCC4(C)C3CCC21C. The molecule has 0 amide bonds. The van der Waals surface area contributed by atoms with Gasteiger partial charge in [-0.05, 0) is 135 Å². The first-order valence-electron chi connectivity index (χ1n) is 13.2. The van der Waals surface area contributed by atoms with E-state index in [2.05, 4.69) is 20.8 Å². The van der Waals surface area contributed by atoms with E-state index >= 15 is 0 Å². The minimum atomic E-state index is -0.129. The van der Waals surface area contributed by atoms with Crippen LogP contribution in [0.2, 0.25) is 0 Å². The van der Waals surface area contributed by atoms with Crippen LogP contribution in [0.5, 0.6) is 0 Å². The van der Waals surface area contributed by atoms with Crippen molar-refractivity contribution < 1.29 is 9.50 Å². The molecule has 0 heterocycles. The van der Waals surface area contributed by atoms with Gasteiger partial charge in [-0.25, -0.2) is 4.39 Å². The molecule has 1 N–H and O–H groups in total. The predicted molar refractivity (Wildman–Crippen MR) is 125 cm³/mol. The highest BCUT2D eigenvalue weighted by Gasteiger charge is 2.60. The summed E-state index contributed by atoms with van der Waals surface area (Å²) >= 11 is 0. The lowest BCUT2D eigenvalue weighted by Gasteiger charge is -2.61. The van der Waals surface area contributed by atoms with Crippen molar-refractivity contribution in [3.63, 3.8) is 0 Å². The topological polar surface area (TPSA) is 20.2 Å². The van der Waals surface area contributed by atoms with E-state index < -0.39 is 0 Å². The van der Waals surface area contributed by atoms with Gasteiger partial charge in [0.25, 0.3) is 0 Å². The Balaban J connectivity index is 1.28. The summed E-state index contributed by atoms with van der Waals surface area (Å²) in [5.74, 6) is 4.94. The molecule has 4 aliphatic carbocycles. The Morgan fingerprint density at radius 2 is 1.65 bits per heavy atom. The van der Waals surface area contributed by atoms with Crippen molar-refractivity contribution in [2.45, 2.75) is 97.5 Å². The summed E-state index contributed by atoms with van der Waals surface area (Å²) in [5, 5.41) is 10.3. The number of aryl methyl sites for hydroxylation is 1. The summed E-state index contributed by atoms with van der Waals surface area (Å²) in [5.41, 5.74) is 2.28. The van der Waals surface area contributed by atoms with Crippen LogP contribution in [0.3, 0.4) is 0 Å². The van der Waals surface area contributed by atoms with Gasteiger partial charge in [-0.2, -0.15) is 0 Å². The molecule has 1 aromatic carbocycles. The van der Waals surface area contributed by atoms with E-state index in [1.807, 2.05) is 12.1 Å². The predicted octanol–water partition coefficient (Wildman–Crippen LogP) is 7.41. The molecule has 0 spiro atoms. The minimum Gasteiger partial charge on any atom is -0.393 e. The van der Waals surface area contributed by atoms with E-state index in [0.29, 0.717) is 10.8 Å². The van der Waals surface area contributed by atoms with Crippen LogP contribution in [0, 0.1) is 52.2 Å². The largest absolute Gasteiger partial charge is 0.393 e. The van der Waals surface area contributed by atoms with Crippen molar-refractivity contribution in [3.8, 4) is 0 Å². The number of hydrogen-bond acceptors (Lipinski definition) is 1. The first-order chi connectivity index (χ1) is 14.8. The lowest BCUT2D eigenvalue weighted by Crippen LogP contribution is -2.54. The normalized spacial score (nSPS) is 45.5. The molecule has 31 heavy (non-hydrogen) atoms. The molecule has 4 aliphatic rings. The van der Waals surface area contributed by atoms with Gasteiger partial charge in [0.15, 0.2) is 0 Å². The molecular formula is C29H43FO. The third kappa shape index (κ3) is 3.69. The standard InChI is InChI=1S/C29H43FO/c1-19(4-5-20-6-9-22(30)10-7-20)25-12-13-26-24-11-8-21-18-23(31)14-16-28(21,2)27(24)15-17-29(25,26)3/h6-7,9-10,19,21,23-27,31H,4-5,8,11-18H2,1-3H3/t19?,21?,23?,24?,25-,26?,27?,28?,29?/m1/s1. The summed E-state index contributed by atoms with van der Waals surface area (Å²) in [6.07, 6.45) is 14.0. The van der Waals surface area contributed by atoms with Crippen LogP contribution in [-0.2, 0) is 6.42 Å². The average Bonchev–Trinajstić information content (AvgIpc) is 3.11. The lowest BCUT2D eigenvalue weighted by molar-refractivity contribution is -0.129. The molecule has 0 bridgehead atoms. The molecule has 1 nitrogen and oxygen atoms in total. The van der Waals surface area contributed by atoms with E-state index in [-0.39, 0.29) is 11.9 Å². The maximum absolute atomic E-state index is 13.2. The molecule has 1 aromatic rings. The summed E-state index contributed by atoms with van der Waals surface area (Å²) in [7, 11) is 0. The molecule has 0 aliphatic heterocycles. The minimum absolute atomic E-state index is 0.0405. The maximum atomic E-state index is 13.2. The monoisotopic (exact) mass is 426 g/mol. The fraction of sp³-hybridized carbons (Fsp3) is 0.793. The molecular weight excluding hydrogens is 383 g/mol. The zero-order valence-corrected chi connectivity index (χ0v) is 20.0. The molecule has 0 radical (unpaired) electrons. The Morgan fingerprint density at radius 3 is 2.42 bits per heavy atom. The Morgan fingerprint density at radius 1 is 0.935 bits per heavy atom. The number of rotatable bonds is 4. The van der Waals surface area contributed by atoms with Gasteiger partial charge in [-0.1, -0.05) is 32.9 Å². The van der Waals surface area contributed by atoms with Crippen LogP contribution in [-0.4, -0.2) is 11.2 Å². The first kappa shape index (κ1) is 21.9. The maximum Gasteiger partial charge on any atom is 0.123 e. The number of benzene rings is 1. The molecule has 4 saturated carbocycles. The molecule has 8 unspecified atom stereocenters. The summed E-state index contributed by atoms with van der Waals surface area (Å²) in [4.78, 5) is 0. The van der Waals surface area contributed by atoms with Crippen LogP contribution in [0.25, 0.3) is 0 Å². The lowest BCUT2D eigenvalue weighted by atomic mass is 9.44. The second-order valence-corrected chi connectivity index (χ2v) is 12.5. The summed E-state index contributed by atoms with van der Waals surface area (Å²) < 4.78 is 13.2. The van der Waals surface area contributed by atoms with E-state index in [1.165, 1.54) is 56.9 Å². The van der Waals surface area contributed by atoms with Gasteiger partial charge in [0.05, 0.1) is 6.10 Å². The van der Waals surface area contributed by atoms with Gasteiger partial charge in [0.1, 0.15) is 5.82 Å². The van der Waals surface area contributed by atoms with Crippen molar-refractivity contribution >= 4 is 0 Å². The number of fused-ring (bicyclic) bond motifs is 5. The zero-order chi connectivity index (χ0) is 21.8. The van der Waals surface area contributed by atoms with E-state index in [4.69, 9.17) is 0 Å². The van der Waals surface area contributed by atoms with Crippen LogP contribution in [0.15, 0.2) is 24.3 Å². The van der Waals surface area contributed by atoms with Crippen LogP contribution in [0.1, 0.15) is 90.5 Å². The van der Waals surface area contributed by atoms with Crippen molar-refractivity contribution in [2.75, 3.05) is 0 Å². The molecule has 0 aromatic heterocycles. The summed E-state index contributed by atoms with van der Waals surface area (Å²) in [6.45, 7) is 7.74. The quantitative estimate of drug-likeness (QED) is 0.531. The van der Waals surface area contributed by atoms with Gasteiger partial charge in [-0.15, -0.1) is 0 Å². The smallest absolute Gasteiger partial charge is 0.123 e. The molecule has 9 atom stereocenters. The van der Waals surface area contributed by atoms with E-state index in [0.717, 1.165) is 54.8 Å². The van der Waals surface area contributed by atoms with E-state index in [1.54, 1.807) is 12.1 Å². The Hall–Kier alpha value is -0.890. The van der Waals surface area contributed by atoms with Crippen LogP contribution in [0.4, 0.5) is 4.39 Å². The zero-order valence-electron chi connectivity index (χ0n) is 20.0. The van der Waals surface area contributed by atoms with Crippen molar-refractivity contribution in [3.05, 3.63) is 35.6 Å². The second kappa shape index (κ2) is 8.15. The highest BCUT2D eigenvalue weighted by atomic mass is 19.1. The molecule has 172 valence electrons. The second-order valence-electron chi connectivity index (χ2n) is 12.5. The van der Waals surface area contributed by atoms with Gasteiger partial charge in [-0.3, -0.25) is 0 Å². The molecule has 0 saturated heterocycles. The van der Waals surface area contributed by atoms with Gasteiger partial charge in [0, 0.05) is 0 Å². The number of halogens is 1. The fourth-order valence-corrected chi connectivity index (χ4v) is 9.46. The highest BCUT2D eigenvalue weighted by molar-refractivity contribution is 5.16. The molecule has 5 rings (SSSR count). The fourth-order valence-electron chi connectivity index (χ4n) is 9.46. The highest BCUT2D eigenvalue weighted by Crippen LogP contribution is 2.68. The van der Waals surface area contributed by atoms with Crippen molar-refractivity contribution in [2.24, 2.45) is 46.3 Å². The average molecular weight is 427 g/mol. The Labute approximate surface area is 189 Å². The van der Waals surface area contributed by atoms with Crippen LogP contribution < -0.4 is 0 Å². The first-order valence-corrected chi connectivity index (χ1v) is 13.2. The van der Waals surface area contributed by atoms with Gasteiger partial charge < -0.3 is 5.11 Å². The van der Waals surface area contributed by atoms with Crippen LogP contribution >= 0.6 is 0 Å². The summed E-state index contributed by atoms with van der Waals surface area (Å²) in [6, 6.07) is 7.14. The Kier molecular flexibility index (Phi) is 5.77. The van der Waals surface area contributed by atoms with Gasteiger partial charge in [0.2, 0.25) is 0 Å². The molecule has 4 fully saturated rings.